The molecule has 1 aliphatic rings. The van der Waals surface area contributed by atoms with Gasteiger partial charge >= 0.3 is 6.09 Å². The Kier molecular flexibility index (Phi) is 3.89. The molecule has 1 amide bonds. The topological polar surface area (TPSA) is 81.6 Å². The Bertz CT molecular complexity index is 585. The number of ether oxygens (including phenoxy) is 1. The molecule has 7 nitrogen and oxygen atoms in total. The highest BCUT2D eigenvalue weighted by atomic mass is 16.6. The predicted molar refractivity (Wildman–Crippen MR) is 72.6 cm³/mol. The summed E-state index contributed by atoms with van der Waals surface area (Å²) < 4.78 is 15.9. The molecule has 0 atom stereocenters. The van der Waals surface area contributed by atoms with Gasteiger partial charge in [0.2, 0.25) is 5.89 Å². The number of nitrogens with zero attached hydrogens (tertiary/aromatic N) is 3. The van der Waals surface area contributed by atoms with E-state index in [-0.39, 0.29) is 12.0 Å². The van der Waals surface area contributed by atoms with E-state index in [1.807, 2.05) is 0 Å². The molecule has 0 aromatic carbocycles. The van der Waals surface area contributed by atoms with Gasteiger partial charge in [-0.15, -0.1) is 10.2 Å². The minimum absolute atomic E-state index is 0.173. The van der Waals surface area contributed by atoms with Crippen LogP contribution >= 0.6 is 0 Å². The number of amides is 1. The number of rotatable bonds is 3. The van der Waals surface area contributed by atoms with Crippen LogP contribution in [0.5, 0.6) is 0 Å². The highest BCUT2D eigenvalue weighted by Crippen LogP contribution is 2.29. The highest BCUT2D eigenvalue weighted by molar-refractivity contribution is 5.67. The number of piperidine rings is 1. The van der Waals surface area contributed by atoms with Crippen molar-refractivity contribution in [2.45, 2.75) is 25.7 Å². The molecule has 0 saturated carbocycles. The average Bonchev–Trinajstić information content (AvgIpc) is 3.19. The molecule has 1 fully saturated rings. The Morgan fingerprint density at radius 2 is 2.24 bits per heavy atom. The zero-order valence-corrected chi connectivity index (χ0v) is 11.8. The van der Waals surface area contributed by atoms with Crippen molar-refractivity contribution in [3.05, 3.63) is 24.3 Å². The Labute approximate surface area is 121 Å². The summed E-state index contributed by atoms with van der Waals surface area (Å²) in [7, 11) is 0. The molecule has 21 heavy (non-hydrogen) atoms. The number of hydrogen-bond donors (Lipinski definition) is 0. The van der Waals surface area contributed by atoms with Crippen molar-refractivity contribution in [1.29, 1.82) is 0 Å². The average molecular weight is 291 g/mol. The first-order valence-electron chi connectivity index (χ1n) is 7.07. The molecule has 0 spiro atoms. The monoisotopic (exact) mass is 291 g/mol. The van der Waals surface area contributed by atoms with Gasteiger partial charge in [-0.25, -0.2) is 4.79 Å². The van der Waals surface area contributed by atoms with Crippen LogP contribution < -0.4 is 0 Å². The molecule has 1 saturated heterocycles. The maximum absolute atomic E-state index is 11.6. The van der Waals surface area contributed by atoms with Crippen molar-refractivity contribution < 1.29 is 18.4 Å². The molecule has 0 unspecified atom stereocenters. The molecule has 7 heteroatoms. The third kappa shape index (κ3) is 2.91. The first kappa shape index (κ1) is 13.7. The second kappa shape index (κ2) is 5.99. The minimum atomic E-state index is -0.252. The molecule has 0 bridgehead atoms. The van der Waals surface area contributed by atoms with Gasteiger partial charge in [0.1, 0.15) is 0 Å². The first-order valence-corrected chi connectivity index (χ1v) is 7.07. The van der Waals surface area contributed by atoms with E-state index in [9.17, 15) is 4.79 Å². The molecule has 0 radical (unpaired) electrons. The lowest BCUT2D eigenvalue weighted by Gasteiger charge is -2.29. The predicted octanol–water partition coefficient (Wildman–Crippen LogP) is 2.67. The van der Waals surface area contributed by atoms with E-state index in [1.165, 1.54) is 0 Å². The molecule has 2 aromatic heterocycles. The van der Waals surface area contributed by atoms with Crippen LogP contribution in [-0.2, 0) is 4.74 Å². The summed E-state index contributed by atoms with van der Waals surface area (Å²) in [6.07, 6.45) is 2.89. The Morgan fingerprint density at radius 3 is 2.90 bits per heavy atom. The summed E-state index contributed by atoms with van der Waals surface area (Å²) in [5.74, 6) is 1.73. The van der Waals surface area contributed by atoms with Crippen LogP contribution in [0.1, 0.15) is 31.6 Å². The lowest BCUT2D eigenvalue weighted by Crippen LogP contribution is -2.38. The van der Waals surface area contributed by atoms with E-state index in [0.717, 1.165) is 12.8 Å². The van der Waals surface area contributed by atoms with E-state index < -0.39 is 0 Å². The first-order chi connectivity index (χ1) is 10.3. The van der Waals surface area contributed by atoms with Crippen LogP contribution in [-0.4, -0.2) is 40.9 Å². The number of carbonyl (C=O) groups is 1. The van der Waals surface area contributed by atoms with Crippen LogP contribution in [0, 0.1) is 0 Å². The molecule has 112 valence electrons. The molecule has 3 rings (SSSR count). The third-order valence-electron chi connectivity index (χ3n) is 3.54. The molecule has 3 heterocycles. The number of aromatic nitrogens is 2. The fourth-order valence-electron chi connectivity index (χ4n) is 2.42. The van der Waals surface area contributed by atoms with E-state index in [1.54, 1.807) is 30.2 Å². The van der Waals surface area contributed by atoms with Gasteiger partial charge in [-0.1, -0.05) is 0 Å². The van der Waals surface area contributed by atoms with Gasteiger partial charge in [-0.05, 0) is 31.9 Å². The normalized spacial score (nSPS) is 16.1. The van der Waals surface area contributed by atoms with Crippen LogP contribution in [0.2, 0.25) is 0 Å². The van der Waals surface area contributed by atoms with Gasteiger partial charge in [0.25, 0.3) is 5.89 Å². The van der Waals surface area contributed by atoms with Gasteiger partial charge in [-0.3, -0.25) is 0 Å². The molecule has 0 N–H and O–H groups in total. The fraction of sp³-hybridized carbons (Fsp3) is 0.500. The highest BCUT2D eigenvalue weighted by Gasteiger charge is 2.28. The zero-order valence-electron chi connectivity index (χ0n) is 11.8. The number of furan rings is 1. The second-order valence-electron chi connectivity index (χ2n) is 4.88. The van der Waals surface area contributed by atoms with Crippen LogP contribution in [0.4, 0.5) is 4.79 Å². The van der Waals surface area contributed by atoms with E-state index in [2.05, 4.69) is 10.2 Å². The molecule has 2 aromatic rings. The summed E-state index contributed by atoms with van der Waals surface area (Å²) in [6.45, 7) is 3.48. The molecular formula is C14H17N3O4. The summed E-state index contributed by atoms with van der Waals surface area (Å²) in [5.41, 5.74) is 0. The summed E-state index contributed by atoms with van der Waals surface area (Å²) >= 11 is 0. The SMILES string of the molecule is CCOC(=O)N1CCC(c2nnc(-c3ccco3)o2)CC1. The van der Waals surface area contributed by atoms with Crippen LogP contribution in [0.25, 0.3) is 11.7 Å². The minimum Gasteiger partial charge on any atom is -0.459 e. The van der Waals surface area contributed by atoms with Crippen molar-refractivity contribution >= 4 is 6.09 Å². The van der Waals surface area contributed by atoms with Crippen molar-refractivity contribution in [2.75, 3.05) is 19.7 Å². The maximum Gasteiger partial charge on any atom is 0.409 e. The number of carbonyl (C=O) groups excluding carboxylic acids is 1. The standard InChI is InChI=1S/C14H17N3O4/c1-2-19-14(18)17-7-5-10(6-8-17)12-15-16-13(21-12)11-4-3-9-20-11/h3-4,9-10H,2,5-8H2,1H3. The van der Waals surface area contributed by atoms with Crippen LogP contribution in [0.15, 0.2) is 27.2 Å². The Balaban J connectivity index is 1.61. The fourth-order valence-corrected chi connectivity index (χ4v) is 2.42. The third-order valence-corrected chi connectivity index (χ3v) is 3.54. The number of likely N-dealkylation sites (tertiary alicyclic amines) is 1. The number of hydrogen-bond acceptors (Lipinski definition) is 6. The lowest BCUT2D eigenvalue weighted by molar-refractivity contribution is 0.0954. The van der Waals surface area contributed by atoms with Gasteiger partial charge in [0.15, 0.2) is 5.76 Å². The van der Waals surface area contributed by atoms with E-state index in [4.69, 9.17) is 13.6 Å². The van der Waals surface area contributed by atoms with Crippen molar-refractivity contribution in [3.8, 4) is 11.7 Å². The van der Waals surface area contributed by atoms with Gasteiger partial charge in [0.05, 0.1) is 12.9 Å². The quantitative estimate of drug-likeness (QED) is 0.864. The van der Waals surface area contributed by atoms with E-state index >= 15 is 0 Å². The largest absolute Gasteiger partial charge is 0.459 e. The Morgan fingerprint density at radius 1 is 1.43 bits per heavy atom. The van der Waals surface area contributed by atoms with Crippen molar-refractivity contribution in [2.24, 2.45) is 0 Å². The Hall–Kier alpha value is -2.31. The van der Waals surface area contributed by atoms with Gasteiger partial charge < -0.3 is 18.5 Å². The van der Waals surface area contributed by atoms with Gasteiger partial charge in [-0.2, -0.15) is 0 Å². The van der Waals surface area contributed by atoms with Crippen molar-refractivity contribution in [3.63, 3.8) is 0 Å². The maximum atomic E-state index is 11.6. The lowest BCUT2D eigenvalue weighted by atomic mass is 9.97. The summed E-state index contributed by atoms with van der Waals surface area (Å²) in [6, 6.07) is 3.55. The second-order valence-corrected chi connectivity index (χ2v) is 4.88. The van der Waals surface area contributed by atoms with Crippen molar-refractivity contribution in [1.82, 2.24) is 15.1 Å². The van der Waals surface area contributed by atoms with E-state index in [0.29, 0.717) is 37.2 Å². The summed E-state index contributed by atoms with van der Waals surface area (Å²) in [4.78, 5) is 13.4. The molecular weight excluding hydrogens is 274 g/mol. The van der Waals surface area contributed by atoms with Gasteiger partial charge in [0, 0.05) is 19.0 Å². The van der Waals surface area contributed by atoms with Crippen LogP contribution in [0.3, 0.4) is 0 Å². The summed E-state index contributed by atoms with van der Waals surface area (Å²) in [5, 5.41) is 8.09. The molecule has 1 aliphatic heterocycles. The molecule has 0 aliphatic carbocycles. The zero-order chi connectivity index (χ0) is 14.7. The smallest absolute Gasteiger partial charge is 0.409 e.